The second kappa shape index (κ2) is 6.48. The molecule has 0 amide bonds. The highest BCUT2D eigenvalue weighted by Gasteiger charge is 2.10. The number of rotatable bonds is 5. The number of halogens is 1. The Morgan fingerprint density at radius 2 is 1.91 bits per heavy atom. The van der Waals surface area contributed by atoms with Gasteiger partial charge in [0.25, 0.3) is 0 Å². The molecular formula is C17H16FN3O2. The zero-order valence-electron chi connectivity index (χ0n) is 12.8. The first kappa shape index (κ1) is 15.0. The van der Waals surface area contributed by atoms with Gasteiger partial charge in [-0.2, -0.15) is 0 Å². The first-order valence-electron chi connectivity index (χ1n) is 7.12. The number of nitrogens with zero attached hydrogens (tertiary/aromatic N) is 2. The van der Waals surface area contributed by atoms with Crippen LogP contribution in [0.2, 0.25) is 0 Å². The Labute approximate surface area is 133 Å². The number of anilines is 1. The quantitative estimate of drug-likeness (QED) is 0.776. The lowest BCUT2D eigenvalue weighted by Crippen LogP contribution is -2.02. The number of nitrogens with one attached hydrogen (secondary N) is 1. The molecule has 0 bridgehead atoms. The van der Waals surface area contributed by atoms with Gasteiger partial charge in [-0.15, -0.1) is 10.2 Å². The van der Waals surface area contributed by atoms with E-state index in [1.165, 1.54) is 12.1 Å². The SMILES string of the molecule is COc1ccc(C)cc1NCc1nnc(-c2ccc(F)cc2)o1. The van der Waals surface area contributed by atoms with Crippen molar-refractivity contribution in [2.24, 2.45) is 0 Å². The maximum atomic E-state index is 12.9. The van der Waals surface area contributed by atoms with E-state index < -0.39 is 0 Å². The predicted molar refractivity (Wildman–Crippen MR) is 84.7 cm³/mol. The molecule has 0 aliphatic rings. The smallest absolute Gasteiger partial charge is 0.247 e. The summed E-state index contributed by atoms with van der Waals surface area (Å²) in [5, 5.41) is 11.2. The number of aromatic nitrogens is 2. The molecule has 0 saturated heterocycles. The highest BCUT2D eigenvalue weighted by molar-refractivity contribution is 5.58. The summed E-state index contributed by atoms with van der Waals surface area (Å²) in [5.41, 5.74) is 2.65. The minimum atomic E-state index is -0.304. The first-order chi connectivity index (χ1) is 11.2. The fourth-order valence-electron chi connectivity index (χ4n) is 2.16. The maximum absolute atomic E-state index is 12.9. The van der Waals surface area contributed by atoms with Crippen LogP contribution >= 0.6 is 0 Å². The zero-order chi connectivity index (χ0) is 16.2. The van der Waals surface area contributed by atoms with Gasteiger partial charge in [0.05, 0.1) is 19.3 Å². The molecule has 0 saturated carbocycles. The van der Waals surface area contributed by atoms with E-state index in [1.54, 1.807) is 19.2 Å². The van der Waals surface area contributed by atoms with Gasteiger partial charge in [-0.3, -0.25) is 0 Å². The molecule has 3 rings (SSSR count). The number of methoxy groups -OCH3 is 1. The average Bonchev–Trinajstić information content (AvgIpc) is 3.03. The van der Waals surface area contributed by atoms with Crippen molar-refractivity contribution in [2.75, 3.05) is 12.4 Å². The van der Waals surface area contributed by atoms with Crippen LogP contribution in [-0.4, -0.2) is 17.3 Å². The van der Waals surface area contributed by atoms with Crippen molar-refractivity contribution in [2.45, 2.75) is 13.5 Å². The second-order valence-electron chi connectivity index (χ2n) is 5.07. The van der Waals surface area contributed by atoms with E-state index in [0.717, 1.165) is 17.0 Å². The standard InChI is InChI=1S/C17H16FN3O2/c1-11-3-8-15(22-2)14(9-11)19-10-16-20-21-17(23-16)12-4-6-13(18)7-5-12/h3-9,19H,10H2,1-2H3. The first-order valence-corrected chi connectivity index (χ1v) is 7.12. The molecule has 0 fully saturated rings. The third kappa shape index (κ3) is 3.48. The topological polar surface area (TPSA) is 60.2 Å². The number of ether oxygens (including phenoxy) is 1. The molecule has 1 heterocycles. The molecule has 0 unspecified atom stereocenters. The molecule has 0 aliphatic heterocycles. The molecule has 118 valence electrons. The van der Waals surface area contributed by atoms with Crippen LogP contribution in [-0.2, 0) is 6.54 Å². The van der Waals surface area contributed by atoms with Crippen LogP contribution in [0, 0.1) is 12.7 Å². The molecule has 0 atom stereocenters. The van der Waals surface area contributed by atoms with Gasteiger partial charge in [0.15, 0.2) is 0 Å². The van der Waals surface area contributed by atoms with Crippen molar-refractivity contribution in [1.82, 2.24) is 10.2 Å². The summed E-state index contributed by atoms with van der Waals surface area (Å²) in [6, 6.07) is 11.8. The van der Waals surface area contributed by atoms with Gasteiger partial charge < -0.3 is 14.5 Å². The minimum absolute atomic E-state index is 0.304. The van der Waals surface area contributed by atoms with E-state index in [0.29, 0.717) is 23.9 Å². The van der Waals surface area contributed by atoms with Crippen LogP contribution in [0.3, 0.4) is 0 Å². The van der Waals surface area contributed by atoms with Gasteiger partial charge in [-0.05, 0) is 48.9 Å². The fraction of sp³-hybridized carbons (Fsp3) is 0.176. The molecule has 0 spiro atoms. The van der Waals surface area contributed by atoms with Gasteiger partial charge in [-0.1, -0.05) is 6.07 Å². The van der Waals surface area contributed by atoms with Crippen LogP contribution < -0.4 is 10.1 Å². The summed E-state index contributed by atoms with van der Waals surface area (Å²) in [7, 11) is 1.62. The highest BCUT2D eigenvalue weighted by atomic mass is 19.1. The largest absolute Gasteiger partial charge is 0.495 e. The van der Waals surface area contributed by atoms with Crippen LogP contribution in [0.15, 0.2) is 46.9 Å². The maximum Gasteiger partial charge on any atom is 0.247 e. The summed E-state index contributed by atoms with van der Waals surface area (Å²) < 4.78 is 23.8. The van der Waals surface area contributed by atoms with Crippen LogP contribution in [0.5, 0.6) is 5.75 Å². The van der Waals surface area contributed by atoms with Crippen molar-refractivity contribution in [1.29, 1.82) is 0 Å². The lowest BCUT2D eigenvalue weighted by atomic mass is 10.2. The summed E-state index contributed by atoms with van der Waals surface area (Å²) in [6.45, 7) is 2.37. The lowest BCUT2D eigenvalue weighted by Gasteiger charge is -2.10. The van der Waals surface area contributed by atoms with E-state index in [2.05, 4.69) is 15.5 Å². The van der Waals surface area contributed by atoms with Crippen molar-refractivity contribution < 1.29 is 13.5 Å². The Bertz CT molecular complexity index is 800. The molecular weight excluding hydrogens is 297 g/mol. The lowest BCUT2D eigenvalue weighted by molar-refractivity contribution is 0.416. The van der Waals surface area contributed by atoms with Crippen molar-refractivity contribution in [3.8, 4) is 17.2 Å². The van der Waals surface area contributed by atoms with Crippen molar-refractivity contribution in [3.63, 3.8) is 0 Å². The van der Waals surface area contributed by atoms with E-state index in [9.17, 15) is 4.39 Å². The molecule has 1 N–H and O–H groups in total. The van der Waals surface area contributed by atoms with Gasteiger partial charge in [0.2, 0.25) is 11.8 Å². The van der Waals surface area contributed by atoms with Gasteiger partial charge in [-0.25, -0.2) is 4.39 Å². The Morgan fingerprint density at radius 1 is 1.13 bits per heavy atom. The molecule has 3 aromatic rings. The second-order valence-corrected chi connectivity index (χ2v) is 5.07. The molecule has 1 aromatic heterocycles. The minimum Gasteiger partial charge on any atom is -0.495 e. The Kier molecular flexibility index (Phi) is 4.23. The zero-order valence-corrected chi connectivity index (χ0v) is 12.8. The van der Waals surface area contributed by atoms with Gasteiger partial charge in [0.1, 0.15) is 11.6 Å². The summed E-state index contributed by atoms with van der Waals surface area (Å²) in [5.74, 6) is 1.24. The fourth-order valence-corrected chi connectivity index (χ4v) is 2.16. The van der Waals surface area contributed by atoms with E-state index in [4.69, 9.17) is 9.15 Å². The number of hydrogen-bond acceptors (Lipinski definition) is 5. The summed E-state index contributed by atoms with van der Waals surface area (Å²) in [4.78, 5) is 0. The van der Waals surface area contributed by atoms with E-state index in [-0.39, 0.29) is 5.82 Å². The molecule has 2 aromatic carbocycles. The van der Waals surface area contributed by atoms with Gasteiger partial charge >= 0.3 is 0 Å². The summed E-state index contributed by atoms with van der Waals surface area (Å²) >= 11 is 0. The van der Waals surface area contributed by atoms with Crippen LogP contribution in [0.1, 0.15) is 11.5 Å². The highest BCUT2D eigenvalue weighted by Crippen LogP contribution is 2.26. The number of aryl methyl sites for hydroxylation is 1. The Morgan fingerprint density at radius 3 is 2.65 bits per heavy atom. The third-order valence-corrected chi connectivity index (χ3v) is 3.34. The molecule has 23 heavy (non-hydrogen) atoms. The normalized spacial score (nSPS) is 10.6. The molecule has 0 aliphatic carbocycles. The molecule has 5 nitrogen and oxygen atoms in total. The predicted octanol–water partition coefficient (Wildman–Crippen LogP) is 3.80. The number of hydrogen-bond donors (Lipinski definition) is 1. The van der Waals surface area contributed by atoms with Crippen molar-refractivity contribution in [3.05, 3.63) is 59.7 Å². The van der Waals surface area contributed by atoms with E-state index in [1.807, 2.05) is 25.1 Å². The Hall–Kier alpha value is -2.89. The average molecular weight is 313 g/mol. The van der Waals surface area contributed by atoms with Gasteiger partial charge in [0, 0.05) is 5.56 Å². The summed E-state index contributed by atoms with van der Waals surface area (Å²) in [6.07, 6.45) is 0. The van der Waals surface area contributed by atoms with E-state index >= 15 is 0 Å². The molecule has 6 heteroatoms. The monoisotopic (exact) mass is 313 g/mol. The van der Waals surface area contributed by atoms with Crippen LogP contribution in [0.4, 0.5) is 10.1 Å². The van der Waals surface area contributed by atoms with Crippen LogP contribution in [0.25, 0.3) is 11.5 Å². The number of benzene rings is 2. The molecule has 0 radical (unpaired) electrons. The third-order valence-electron chi connectivity index (χ3n) is 3.34. The van der Waals surface area contributed by atoms with Crippen molar-refractivity contribution >= 4 is 5.69 Å². The Balaban J connectivity index is 1.72.